The Morgan fingerprint density at radius 3 is 2.20 bits per heavy atom. The highest BCUT2D eigenvalue weighted by Crippen LogP contribution is 2.19. The number of carbonyl (C=O) groups is 3. The predicted molar refractivity (Wildman–Crippen MR) is 87.2 cm³/mol. The summed E-state index contributed by atoms with van der Waals surface area (Å²) in [4.78, 5) is 46.1. The summed E-state index contributed by atoms with van der Waals surface area (Å²) in [6.45, 7) is 3.73. The molecule has 1 rings (SSSR count). The van der Waals surface area contributed by atoms with Crippen LogP contribution in [0.25, 0.3) is 0 Å². The maximum atomic E-state index is 12.4. The number of esters is 2. The molecule has 0 aromatic heterocycles. The fourth-order valence-corrected chi connectivity index (χ4v) is 2.15. The van der Waals surface area contributed by atoms with Crippen molar-refractivity contribution in [2.45, 2.75) is 26.3 Å². The number of rotatable bonds is 7. The number of non-ortho nitro benzene ring substituents is 1. The molecule has 25 heavy (non-hydrogen) atoms. The van der Waals surface area contributed by atoms with E-state index in [9.17, 15) is 24.5 Å². The van der Waals surface area contributed by atoms with E-state index in [2.05, 4.69) is 14.8 Å². The molecular weight excluding hydrogens is 332 g/mol. The number of ether oxygens (including phenoxy) is 2. The first-order valence-corrected chi connectivity index (χ1v) is 7.46. The molecular formula is C16H20N2O7. The molecule has 0 unspecified atom stereocenters. The van der Waals surface area contributed by atoms with Crippen molar-refractivity contribution in [2.75, 3.05) is 14.2 Å². The molecule has 0 aliphatic carbocycles. The summed E-state index contributed by atoms with van der Waals surface area (Å²) in [7, 11) is 2.32. The molecule has 1 aromatic carbocycles. The number of amides is 1. The summed E-state index contributed by atoms with van der Waals surface area (Å²) in [5.41, 5.74) is -0.709. The summed E-state index contributed by atoms with van der Waals surface area (Å²) in [5, 5.41) is 13.5. The van der Waals surface area contributed by atoms with Gasteiger partial charge in [-0.2, -0.15) is 0 Å². The summed E-state index contributed by atoms with van der Waals surface area (Å²) < 4.78 is 9.18. The molecule has 136 valence electrons. The molecule has 0 fully saturated rings. The monoisotopic (exact) mass is 352 g/mol. The van der Waals surface area contributed by atoms with E-state index >= 15 is 0 Å². The van der Waals surface area contributed by atoms with Gasteiger partial charge in [-0.1, -0.05) is 13.8 Å². The number of nitro groups is 1. The van der Waals surface area contributed by atoms with Gasteiger partial charge in [-0.15, -0.1) is 0 Å². The SMILES string of the molecule is COC(=O)c1cc(C(=O)N[C@H](CC(C)C)C(=O)OC)cc([N+](=O)[O-])c1. The third-order valence-electron chi connectivity index (χ3n) is 3.31. The third-order valence-corrected chi connectivity index (χ3v) is 3.31. The van der Waals surface area contributed by atoms with E-state index in [1.807, 2.05) is 13.8 Å². The molecule has 0 radical (unpaired) electrons. The molecule has 0 heterocycles. The normalized spacial score (nSPS) is 11.6. The Balaban J connectivity index is 3.17. The van der Waals surface area contributed by atoms with E-state index in [0.717, 1.165) is 25.3 Å². The minimum atomic E-state index is -0.904. The zero-order chi connectivity index (χ0) is 19.1. The van der Waals surface area contributed by atoms with Crippen LogP contribution in [-0.2, 0) is 14.3 Å². The maximum absolute atomic E-state index is 12.4. The Morgan fingerprint density at radius 2 is 1.72 bits per heavy atom. The number of carbonyl (C=O) groups excluding carboxylic acids is 3. The second-order valence-corrected chi connectivity index (χ2v) is 5.70. The van der Waals surface area contributed by atoms with Gasteiger partial charge in [-0.3, -0.25) is 14.9 Å². The van der Waals surface area contributed by atoms with Crippen LogP contribution in [0, 0.1) is 16.0 Å². The second-order valence-electron chi connectivity index (χ2n) is 5.70. The Labute approximate surface area is 144 Å². The lowest BCUT2D eigenvalue weighted by molar-refractivity contribution is -0.384. The molecule has 0 saturated carbocycles. The minimum Gasteiger partial charge on any atom is -0.467 e. The number of methoxy groups -OCH3 is 2. The van der Waals surface area contributed by atoms with E-state index in [4.69, 9.17) is 0 Å². The fourth-order valence-electron chi connectivity index (χ4n) is 2.15. The fraction of sp³-hybridized carbons (Fsp3) is 0.438. The van der Waals surface area contributed by atoms with E-state index in [1.165, 1.54) is 7.11 Å². The Morgan fingerprint density at radius 1 is 1.12 bits per heavy atom. The Hall–Kier alpha value is -2.97. The molecule has 9 nitrogen and oxygen atoms in total. The van der Waals surface area contributed by atoms with Crippen LogP contribution in [0.5, 0.6) is 0 Å². The van der Waals surface area contributed by atoms with Gasteiger partial charge in [-0.05, 0) is 18.4 Å². The van der Waals surface area contributed by atoms with Crippen LogP contribution in [0.4, 0.5) is 5.69 Å². The van der Waals surface area contributed by atoms with Crippen molar-refractivity contribution in [2.24, 2.45) is 5.92 Å². The molecule has 1 amide bonds. The van der Waals surface area contributed by atoms with Gasteiger partial charge in [0.25, 0.3) is 11.6 Å². The number of nitro benzene ring substituents is 1. The highest BCUT2D eigenvalue weighted by Gasteiger charge is 2.25. The first kappa shape index (κ1) is 20.1. The van der Waals surface area contributed by atoms with E-state index in [0.29, 0.717) is 6.42 Å². The van der Waals surface area contributed by atoms with Crippen LogP contribution in [0.1, 0.15) is 41.0 Å². The van der Waals surface area contributed by atoms with Crippen molar-refractivity contribution < 1.29 is 28.8 Å². The summed E-state index contributed by atoms with van der Waals surface area (Å²) in [6.07, 6.45) is 0.331. The van der Waals surface area contributed by atoms with Crippen molar-refractivity contribution in [3.63, 3.8) is 0 Å². The molecule has 9 heteroatoms. The Kier molecular flexibility index (Phi) is 7.04. The standard InChI is InChI=1S/C16H20N2O7/c1-9(2)5-13(16(21)25-4)17-14(19)10-6-11(15(20)24-3)8-12(7-10)18(22)23/h6-9,13H,5H2,1-4H3,(H,17,19)/t13-/m1/s1. The number of nitrogens with zero attached hydrogens (tertiary/aromatic N) is 1. The highest BCUT2D eigenvalue weighted by molar-refractivity contribution is 6.00. The molecule has 0 bridgehead atoms. The number of benzene rings is 1. The largest absolute Gasteiger partial charge is 0.467 e. The van der Waals surface area contributed by atoms with E-state index < -0.39 is 34.5 Å². The van der Waals surface area contributed by atoms with Crippen molar-refractivity contribution in [3.8, 4) is 0 Å². The Bertz CT molecular complexity index is 685. The topological polar surface area (TPSA) is 125 Å². The molecule has 1 aromatic rings. The van der Waals surface area contributed by atoms with E-state index in [1.54, 1.807) is 0 Å². The number of hydrogen-bond acceptors (Lipinski definition) is 7. The average molecular weight is 352 g/mol. The summed E-state index contributed by atoms with van der Waals surface area (Å²) in [6, 6.07) is 2.29. The molecule has 0 aliphatic heterocycles. The average Bonchev–Trinajstić information content (AvgIpc) is 2.58. The lowest BCUT2D eigenvalue weighted by Crippen LogP contribution is -2.42. The molecule has 0 aliphatic rings. The van der Waals surface area contributed by atoms with Crippen LogP contribution in [-0.4, -0.2) is 43.0 Å². The third kappa shape index (κ3) is 5.55. The first-order chi connectivity index (χ1) is 11.7. The van der Waals surface area contributed by atoms with Gasteiger partial charge in [0.15, 0.2) is 0 Å². The van der Waals surface area contributed by atoms with Crippen molar-refractivity contribution >= 4 is 23.5 Å². The van der Waals surface area contributed by atoms with Gasteiger partial charge in [0.2, 0.25) is 0 Å². The van der Waals surface area contributed by atoms with Crippen LogP contribution in [0.2, 0.25) is 0 Å². The molecule has 1 N–H and O–H groups in total. The van der Waals surface area contributed by atoms with Crippen LogP contribution >= 0.6 is 0 Å². The van der Waals surface area contributed by atoms with Gasteiger partial charge in [0.05, 0.1) is 24.7 Å². The second kappa shape index (κ2) is 8.76. The van der Waals surface area contributed by atoms with Crippen molar-refractivity contribution in [1.82, 2.24) is 5.32 Å². The van der Waals surface area contributed by atoms with Gasteiger partial charge in [-0.25, -0.2) is 9.59 Å². The predicted octanol–water partition coefficient (Wildman–Crippen LogP) is 1.70. The van der Waals surface area contributed by atoms with Crippen molar-refractivity contribution in [3.05, 3.63) is 39.4 Å². The summed E-state index contributed by atoms with van der Waals surface area (Å²) in [5.74, 6) is -2.07. The van der Waals surface area contributed by atoms with Gasteiger partial charge in [0, 0.05) is 17.7 Å². The molecule has 0 saturated heterocycles. The summed E-state index contributed by atoms with van der Waals surface area (Å²) >= 11 is 0. The lowest BCUT2D eigenvalue weighted by Gasteiger charge is -2.18. The van der Waals surface area contributed by atoms with Crippen LogP contribution < -0.4 is 5.32 Å². The maximum Gasteiger partial charge on any atom is 0.338 e. The van der Waals surface area contributed by atoms with Gasteiger partial charge in [0.1, 0.15) is 6.04 Å². The first-order valence-electron chi connectivity index (χ1n) is 7.46. The smallest absolute Gasteiger partial charge is 0.338 e. The molecule has 0 spiro atoms. The minimum absolute atomic E-state index is 0.0974. The number of hydrogen-bond donors (Lipinski definition) is 1. The molecule has 1 atom stereocenters. The van der Waals surface area contributed by atoms with Crippen LogP contribution in [0.15, 0.2) is 18.2 Å². The lowest BCUT2D eigenvalue weighted by atomic mass is 10.0. The highest BCUT2D eigenvalue weighted by atomic mass is 16.6. The van der Waals surface area contributed by atoms with Gasteiger partial charge < -0.3 is 14.8 Å². The van der Waals surface area contributed by atoms with Crippen molar-refractivity contribution in [1.29, 1.82) is 0 Å². The zero-order valence-corrected chi connectivity index (χ0v) is 14.4. The van der Waals surface area contributed by atoms with Crippen LogP contribution in [0.3, 0.4) is 0 Å². The van der Waals surface area contributed by atoms with E-state index in [-0.39, 0.29) is 17.0 Å². The quantitative estimate of drug-likeness (QED) is 0.450. The zero-order valence-electron chi connectivity index (χ0n) is 14.4. The number of nitrogens with one attached hydrogen (secondary N) is 1. The van der Waals surface area contributed by atoms with Gasteiger partial charge >= 0.3 is 11.9 Å².